The summed E-state index contributed by atoms with van der Waals surface area (Å²) in [5.74, 6) is -0.328. The van der Waals surface area contributed by atoms with Crippen LogP contribution in [-0.2, 0) is 6.42 Å². The highest BCUT2D eigenvalue weighted by atomic mass is 19.1. The summed E-state index contributed by atoms with van der Waals surface area (Å²) in [7, 11) is 0. The molecule has 1 aromatic carbocycles. The molecule has 0 aliphatic rings. The van der Waals surface area contributed by atoms with Gasteiger partial charge in [0.25, 0.3) is 0 Å². The van der Waals surface area contributed by atoms with Crippen molar-refractivity contribution in [2.45, 2.75) is 46.7 Å². The van der Waals surface area contributed by atoms with Crippen LogP contribution in [0.5, 0.6) is 0 Å². The van der Waals surface area contributed by atoms with Gasteiger partial charge in [-0.15, -0.1) is 0 Å². The van der Waals surface area contributed by atoms with Crippen LogP contribution in [-0.4, -0.2) is 10.7 Å². The number of hydrogen-bond acceptors (Lipinski definition) is 1. The summed E-state index contributed by atoms with van der Waals surface area (Å²) >= 11 is 0. The van der Waals surface area contributed by atoms with E-state index in [9.17, 15) is 8.78 Å². The number of allylic oxidation sites excluding steroid dienone is 7. The van der Waals surface area contributed by atoms with E-state index >= 15 is 0 Å². The molecule has 2 aromatic rings. The number of aromatic amines is 1. The first-order valence-electron chi connectivity index (χ1n) is 10.9. The Morgan fingerprint density at radius 2 is 1.88 bits per heavy atom. The molecule has 0 amide bonds. The second-order valence-corrected chi connectivity index (χ2v) is 8.65. The van der Waals surface area contributed by atoms with Gasteiger partial charge >= 0.3 is 0 Å². The lowest BCUT2D eigenvalue weighted by Gasteiger charge is -2.18. The van der Waals surface area contributed by atoms with E-state index in [0.29, 0.717) is 22.5 Å². The summed E-state index contributed by atoms with van der Waals surface area (Å²) in [6.07, 6.45) is 9.11. The second kappa shape index (κ2) is 11.0. The number of nitrogens with one attached hydrogen (secondary N) is 2. The minimum Gasteiger partial charge on any atom is -0.362 e. The third kappa shape index (κ3) is 7.31. The van der Waals surface area contributed by atoms with Crippen LogP contribution in [0.1, 0.15) is 48.8 Å². The van der Waals surface area contributed by atoms with Gasteiger partial charge in [-0.3, -0.25) is 0 Å². The molecular formula is C29H34F2N2. The Hall–Kier alpha value is -3.40. The Bertz CT molecular complexity index is 1130. The van der Waals surface area contributed by atoms with E-state index in [2.05, 4.69) is 30.0 Å². The average Bonchev–Trinajstić information content (AvgIpc) is 3.03. The van der Waals surface area contributed by atoms with Gasteiger partial charge in [0.1, 0.15) is 11.5 Å². The first kappa shape index (κ1) is 25.9. The number of hydrogen-bond donors (Lipinski definition) is 2. The first-order chi connectivity index (χ1) is 15.4. The highest BCUT2D eigenvalue weighted by molar-refractivity contribution is 5.87. The van der Waals surface area contributed by atoms with E-state index in [1.807, 2.05) is 39.0 Å². The Balaban J connectivity index is 2.16. The third-order valence-electron chi connectivity index (χ3n) is 5.21. The van der Waals surface area contributed by atoms with Gasteiger partial charge in [-0.2, -0.15) is 0 Å². The van der Waals surface area contributed by atoms with Gasteiger partial charge in [0.15, 0.2) is 0 Å². The SMILES string of the molecule is C=C/C(=C\c1cc(C)[nH]c1C)c1ccc(CC(=C)NC(=C)/C=C(\C=C/C)C(C)(C)F)c(F)c1. The molecule has 0 aliphatic carbocycles. The van der Waals surface area contributed by atoms with E-state index in [1.165, 1.54) is 19.9 Å². The van der Waals surface area contributed by atoms with E-state index in [-0.39, 0.29) is 12.2 Å². The lowest BCUT2D eigenvalue weighted by atomic mass is 9.98. The van der Waals surface area contributed by atoms with Crippen molar-refractivity contribution in [3.63, 3.8) is 0 Å². The maximum Gasteiger partial charge on any atom is 0.130 e. The van der Waals surface area contributed by atoms with Gasteiger partial charge in [-0.05, 0) is 86.7 Å². The van der Waals surface area contributed by atoms with Crippen molar-refractivity contribution in [1.29, 1.82) is 0 Å². The van der Waals surface area contributed by atoms with Gasteiger partial charge in [0, 0.05) is 29.2 Å². The standard InChI is InChI=1S/C29H34F2N2/c1-9-11-27(29(7,8)31)16-21(5)32-19(3)14-25-13-12-24(18-28(25)30)23(10-2)17-26-15-20(4)33-22(26)6/h9-13,15-18,32-33H,2-3,5,14H2,1,4,6-8H3/b11-9-,23-17+,27-16+. The van der Waals surface area contributed by atoms with Gasteiger partial charge in [-0.1, -0.05) is 50.1 Å². The second-order valence-electron chi connectivity index (χ2n) is 8.65. The Morgan fingerprint density at radius 1 is 1.18 bits per heavy atom. The van der Waals surface area contributed by atoms with E-state index in [4.69, 9.17) is 0 Å². The van der Waals surface area contributed by atoms with Crippen LogP contribution in [0.15, 0.2) is 85.3 Å². The molecule has 33 heavy (non-hydrogen) atoms. The maximum absolute atomic E-state index is 14.9. The summed E-state index contributed by atoms with van der Waals surface area (Å²) in [4.78, 5) is 3.27. The molecule has 2 N–H and O–H groups in total. The molecular weight excluding hydrogens is 414 g/mol. The molecule has 0 saturated carbocycles. The monoisotopic (exact) mass is 448 g/mol. The van der Waals surface area contributed by atoms with Crippen molar-refractivity contribution in [2.75, 3.05) is 0 Å². The molecule has 1 heterocycles. The van der Waals surface area contributed by atoms with Crippen LogP contribution in [0.2, 0.25) is 0 Å². The van der Waals surface area contributed by atoms with Gasteiger partial charge in [-0.25, -0.2) is 8.78 Å². The Kier molecular flexibility index (Phi) is 8.58. The minimum absolute atomic E-state index is 0.278. The molecule has 0 fully saturated rings. The molecule has 0 unspecified atom stereocenters. The molecule has 0 spiro atoms. The number of aryl methyl sites for hydroxylation is 2. The highest BCUT2D eigenvalue weighted by Crippen LogP contribution is 2.25. The molecule has 0 radical (unpaired) electrons. The number of aromatic nitrogens is 1. The zero-order valence-corrected chi connectivity index (χ0v) is 20.3. The smallest absolute Gasteiger partial charge is 0.130 e. The fraction of sp³-hybridized carbons (Fsp3) is 0.241. The summed E-state index contributed by atoms with van der Waals surface area (Å²) in [6.45, 7) is 20.6. The number of H-pyrrole nitrogens is 1. The predicted molar refractivity (Wildman–Crippen MR) is 138 cm³/mol. The molecule has 2 nitrogen and oxygen atoms in total. The molecule has 0 aliphatic heterocycles. The predicted octanol–water partition coefficient (Wildman–Crippen LogP) is 7.91. The van der Waals surface area contributed by atoms with Crippen molar-refractivity contribution in [2.24, 2.45) is 0 Å². The number of benzene rings is 1. The zero-order chi connectivity index (χ0) is 24.8. The summed E-state index contributed by atoms with van der Waals surface area (Å²) < 4.78 is 29.3. The Morgan fingerprint density at radius 3 is 2.39 bits per heavy atom. The van der Waals surface area contributed by atoms with E-state index in [1.54, 1.807) is 30.4 Å². The van der Waals surface area contributed by atoms with Crippen LogP contribution >= 0.6 is 0 Å². The Labute approximate surface area is 196 Å². The van der Waals surface area contributed by atoms with Crippen LogP contribution in [0.3, 0.4) is 0 Å². The van der Waals surface area contributed by atoms with Crippen LogP contribution < -0.4 is 5.32 Å². The van der Waals surface area contributed by atoms with E-state index < -0.39 is 5.67 Å². The van der Waals surface area contributed by atoms with Crippen molar-refractivity contribution < 1.29 is 8.78 Å². The molecule has 2 rings (SSSR count). The van der Waals surface area contributed by atoms with Crippen LogP contribution in [0.25, 0.3) is 11.6 Å². The van der Waals surface area contributed by atoms with Crippen LogP contribution in [0, 0.1) is 19.7 Å². The first-order valence-corrected chi connectivity index (χ1v) is 10.9. The lowest BCUT2D eigenvalue weighted by molar-refractivity contribution is 0.274. The van der Waals surface area contributed by atoms with Gasteiger partial charge < -0.3 is 10.3 Å². The normalized spacial score (nSPS) is 12.8. The highest BCUT2D eigenvalue weighted by Gasteiger charge is 2.19. The van der Waals surface area contributed by atoms with Crippen molar-refractivity contribution in [3.05, 3.63) is 119 Å². The number of rotatable bonds is 10. The van der Waals surface area contributed by atoms with Crippen molar-refractivity contribution >= 4 is 11.6 Å². The molecule has 0 atom stereocenters. The largest absolute Gasteiger partial charge is 0.362 e. The third-order valence-corrected chi connectivity index (χ3v) is 5.21. The topological polar surface area (TPSA) is 27.8 Å². The van der Waals surface area contributed by atoms with E-state index in [0.717, 1.165) is 28.1 Å². The minimum atomic E-state index is -1.51. The molecule has 174 valence electrons. The lowest BCUT2D eigenvalue weighted by Crippen LogP contribution is -2.17. The zero-order valence-electron chi connectivity index (χ0n) is 20.3. The fourth-order valence-corrected chi connectivity index (χ4v) is 3.52. The quantitative estimate of drug-likeness (QED) is 0.355. The summed E-state index contributed by atoms with van der Waals surface area (Å²) in [6, 6.07) is 7.18. The van der Waals surface area contributed by atoms with Crippen molar-refractivity contribution in [1.82, 2.24) is 10.3 Å². The van der Waals surface area contributed by atoms with Crippen LogP contribution in [0.4, 0.5) is 8.78 Å². The summed E-state index contributed by atoms with van der Waals surface area (Å²) in [5, 5.41) is 3.04. The maximum atomic E-state index is 14.9. The molecule has 1 aromatic heterocycles. The fourth-order valence-electron chi connectivity index (χ4n) is 3.52. The van der Waals surface area contributed by atoms with Gasteiger partial charge in [0.2, 0.25) is 0 Å². The number of halogens is 2. The summed E-state index contributed by atoms with van der Waals surface area (Å²) in [5.41, 5.74) is 5.29. The van der Waals surface area contributed by atoms with Gasteiger partial charge in [0.05, 0.1) is 0 Å². The molecule has 4 heteroatoms. The van der Waals surface area contributed by atoms with Crippen molar-refractivity contribution in [3.8, 4) is 0 Å². The number of alkyl halides is 1. The molecule has 0 saturated heterocycles. The average molecular weight is 449 g/mol. The molecule has 0 bridgehead atoms.